The van der Waals surface area contributed by atoms with E-state index in [0.29, 0.717) is 17.8 Å². The van der Waals surface area contributed by atoms with Crippen LogP contribution in [0.5, 0.6) is 0 Å². The highest BCUT2D eigenvalue weighted by Crippen LogP contribution is 2.32. The molecule has 0 saturated heterocycles. The largest absolute Gasteiger partial charge is 0.478 e. The standard InChI is InChI=1S/C33H29N3O3/c1-22(23-13-16-29(34-2)17-14-23)35-32(37)27-15-18-31-26(20-27)7-5-19-36(31)21-28-6-3-4-8-30(28)24-9-11-25(12-10-24)33(38)39/h3-4,6,8-18,20,22H,5,7,19,21H2,1H3,(H,35,37)(H,38,39)/t22-/m0/s1. The van der Waals surface area contributed by atoms with Crippen LogP contribution in [0, 0.1) is 6.57 Å². The third-order valence-corrected chi connectivity index (χ3v) is 7.25. The monoisotopic (exact) mass is 515 g/mol. The molecular weight excluding hydrogens is 486 g/mol. The van der Waals surface area contributed by atoms with E-state index in [1.165, 1.54) is 0 Å². The third-order valence-electron chi connectivity index (χ3n) is 7.25. The number of amides is 1. The van der Waals surface area contributed by atoms with E-state index in [9.17, 15) is 14.7 Å². The Bertz CT molecular complexity index is 1550. The van der Waals surface area contributed by atoms with Crippen molar-refractivity contribution < 1.29 is 14.7 Å². The van der Waals surface area contributed by atoms with Crippen LogP contribution >= 0.6 is 0 Å². The lowest BCUT2D eigenvalue weighted by Crippen LogP contribution is -2.30. The predicted molar refractivity (Wildman–Crippen MR) is 153 cm³/mol. The van der Waals surface area contributed by atoms with E-state index >= 15 is 0 Å². The van der Waals surface area contributed by atoms with Crippen molar-refractivity contribution in [1.29, 1.82) is 0 Å². The van der Waals surface area contributed by atoms with E-state index in [1.54, 1.807) is 24.3 Å². The summed E-state index contributed by atoms with van der Waals surface area (Å²) >= 11 is 0. The number of aromatic carboxylic acids is 1. The van der Waals surface area contributed by atoms with Gasteiger partial charge in [-0.05, 0) is 77.9 Å². The molecule has 6 nitrogen and oxygen atoms in total. The molecule has 6 heteroatoms. The van der Waals surface area contributed by atoms with E-state index < -0.39 is 5.97 Å². The number of benzene rings is 4. The van der Waals surface area contributed by atoms with Crippen LogP contribution in [0.3, 0.4) is 0 Å². The molecule has 5 rings (SSSR count). The molecule has 194 valence electrons. The molecule has 39 heavy (non-hydrogen) atoms. The van der Waals surface area contributed by atoms with E-state index in [4.69, 9.17) is 6.57 Å². The predicted octanol–water partition coefficient (Wildman–Crippen LogP) is 7.05. The van der Waals surface area contributed by atoms with E-state index in [2.05, 4.69) is 27.2 Å². The molecule has 1 amide bonds. The Kier molecular flexibility index (Phi) is 7.42. The number of carboxylic acids is 1. The van der Waals surface area contributed by atoms with Gasteiger partial charge < -0.3 is 15.3 Å². The number of anilines is 1. The fourth-order valence-electron chi connectivity index (χ4n) is 5.12. The molecular formula is C33H29N3O3. The van der Waals surface area contributed by atoms with Gasteiger partial charge in [-0.1, -0.05) is 60.7 Å². The second-order valence-corrected chi connectivity index (χ2v) is 9.81. The van der Waals surface area contributed by atoms with Crippen molar-refractivity contribution in [3.05, 3.63) is 130 Å². The van der Waals surface area contributed by atoms with E-state index in [1.807, 2.05) is 61.5 Å². The maximum atomic E-state index is 13.1. The van der Waals surface area contributed by atoms with Crippen molar-refractivity contribution in [1.82, 2.24) is 5.32 Å². The smallest absolute Gasteiger partial charge is 0.335 e. The van der Waals surface area contributed by atoms with Crippen molar-refractivity contribution in [3.63, 3.8) is 0 Å². The number of nitrogens with one attached hydrogen (secondary N) is 1. The minimum absolute atomic E-state index is 0.119. The van der Waals surface area contributed by atoms with Gasteiger partial charge in [0.25, 0.3) is 5.91 Å². The van der Waals surface area contributed by atoms with Gasteiger partial charge in [0.1, 0.15) is 0 Å². The lowest BCUT2D eigenvalue weighted by atomic mass is 9.95. The molecule has 2 N–H and O–H groups in total. The number of nitrogens with zero attached hydrogens (tertiary/aromatic N) is 2. The molecule has 0 bridgehead atoms. The first-order chi connectivity index (χ1) is 18.9. The number of hydrogen-bond donors (Lipinski definition) is 2. The number of fused-ring (bicyclic) bond motifs is 1. The Morgan fingerprint density at radius 1 is 0.974 bits per heavy atom. The summed E-state index contributed by atoms with van der Waals surface area (Å²) in [4.78, 5) is 30.1. The van der Waals surface area contributed by atoms with Crippen LogP contribution in [0.1, 0.15) is 56.8 Å². The van der Waals surface area contributed by atoms with Gasteiger partial charge in [-0.3, -0.25) is 4.79 Å². The zero-order valence-electron chi connectivity index (χ0n) is 21.7. The normalized spacial score (nSPS) is 13.2. The zero-order chi connectivity index (χ0) is 27.4. The van der Waals surface area contributed by atoms with E-state index in [0.717, 1.165) is 52.9 Å². The summed E-state index contributed by atoms with van der Waals surface area (Å²) in [5.74, 6) is -1.05. The average molecular weight is 516 g/mol. The summed E-state index contributed by atoms with van der Waals surface area (Å²) in [6.45, 7) is 10.7. The third kappa shape index (κ3) is 5.68. The maximum Gasteiger partial charge on any atom is 0.335 e. The number of carbonyl (C=O) groups is 2. The van der Waals surface area contributed by atoms with Gasteiger partial charge in [0.2, 0.25) is 0 Å². The Balaban J connectivity index is 1.33. The summed E-state index contributed by atoms with van der Waals surface area (Å²) in [5.41, 5.74) is 7.96. The summed E-state index contributed by atoms with van der Waals surface area (Å²) in [6.07, 6.45) is 1.91. The molecule has 1 aliphatic rings. The van der Waals surface area contributed by atoms with Gasteiger partial charge in [-0.2, -0.15) is 0 Å². The van der Waals surface area contributed by atoms with Crippen LogP contribution in [0.25, 0.3) is 16.0 Å². The molecule has 0 radical (unpaired) electrons. The van der Waals surface area contributed by atoms with Crippen molar-refractivity contribution >= 4 is 23.3 Å². The Morgan fingerprint density at radius 2 is 1.69 bits per heavy atom. The number of carboxylic acid groups (broad SMARTS) is 1. The molecule has 0 aromatic heterocycles. The van der Waals surface area contributed by atoms with Crippen LogP contribution in [-0.2, 0) is 13.0 Å². The first-order valence-electron chi connectivity index (χ1n) is 13.0. The topological polar surface area (TPSA) is 74.0 Å². The number of carbonyl (C=O) groups excluding carboxylic acids is 1. The summed E-state index contributed by atoms with van der Waals surface area (Å²) in [5, 5.41) is 12.3. The average Bonchev–Trinajstić information content (AvgIpc) is 2.97. The van der Waals surface area contributed by atoms with E-state index in [-0.39, 0.29) is 17.5 Å². The fraction of sp³-hybridized carbons (Fsp3) is 0.182. The molecule has 1 heterocycles. The highest BCUT2D eigenvalue weighted by molar-refractivity contribution is 5.95. The minimum Gasteiger partial charge on any atom is -0.478 e. The van der Waals surface area contributed by atoms with Crippen LogP contribution in [-0.4, -0.2) is 23.5 Å². The Morgan fingerprint density at radius 3 is 2.41 bits per heavy atom. The zero-order valence-corrected chi connectivity index (χ0v) is 21.7. The second-order valence-electron chi connectivity index (χ2n) is 9.81. The number of hydrogen-bond acceptors (Lipinski definition) is 3. The molecule has 0 spiro atoms. The maximum absolute atomic E-state index is 13.1. The summed E-state index contributed by atoms with van der Waals surface area (Å²) < 4.78 is 0. The Labute approximate surface area is 228 Å². The first kappa shape index (κ1) is 25.7. The van der Waals surface area contributed by atoms with Crippen molar-refractivity contribution in [2.45, 2.75) is 32.4 Å². The highest BCUT2D eigenvalue weighted by atomic mass is 16.4. The molecule has 1 atom stereocenters. The summed E-state index contributed by atoms with van der Waals surface area (Å²) in [7, 11) is 0. The van der Waals surface area contributed by atoms with Crippen LogP contribution in [0.15, 0.2) is 91.0 Å². The SMILES string of the molecule is [C-]#[N+]c1ccc([C@H](C)NC(=O)c2ccc3c(c2)CCCN3Cc2ccccc2-c2ccc(C(=O)O)cc2)cc1. The minimum atomic E-state index is -0.933. The fourth-order valence-corrected chi connectivity index (χ4v) is 5.12. The van der Waals surface area contributed by atoms with Crippen LogP contribution in [0.2, 0.25) is 0 Å². The van der Waals surface area contributed by atoms with Gasteiger partial charge in [0, 0.05) is 24.3 Å². The van der Waals surface area contributed by atoms with Gasteiger partial charge >= 0.3 is 5.97 Å². The number of aryl methyl sites for hydroxylation is 1. The lowest BCUT2D eigenvalue weighted by Gasteiger charge is -2.32. The lowest BCUT2D eigenvalue weighted by molar-refractivity contribution is 0.0696. The molecule has 1 aliphatic heterocycles. The van der Waals surface area contributed by atoms with Crippen molar-refractivity contribution in [2.75, 3.05) is 11.4 Å². The van der Waals surface area contributed by atoms with Crippen molar-refractivity contribution in [3.8, 4) is 11.1 Å². The van der Waals surface area contributed by atoms with Gasteiger partial charge in [0.05, 0.1) is 18.2 Å². The van der Waals surface area contributed by atoms with Crippen LogP contribution in [0.4, 0.5) is 11.4 Å². The molecule has 0 aliphatic carbocycles. The Hall–Kier alpha value is -4.89. The number of rotatable bonds is 7. The molecule has 0 saturated carbocycles. The second kappa shape index (κ2) is 11.2. The van der Waals surface area contributed by atoms with Gasteiger partial charge in [-0.15, -0.1) is 0 Å². The quantitative estimate of drug-likeness (QED) is 0.259. The molecule has 0 unspecified atom stereocenters. The van der Waals surface area contributed by atoms with Gasteiger partial charge in [-0.25, -0.2) is 9.64 Å². The highest BCUT2D eigenvalue weighted by Gasteiger charge is 2.21. The molecule has 4 aromatic rings. The summed E-state index contributed by atoms with van der Waals surface area (Å²) in [6, 6.07) is 28.2. The molecule has 4 aromatic carbocycles. The van der Waals surface area contributed by atoms with Gasteiger partial charge in [0.15, 0.2) is 5.69 Å². The van der Waals surface area contributed by atoms with Crippen molar-refractivity contribution in [2.24, 2.45) is 0 Å². The first-order valence-corrected chi connectivity index (χ1v) is 13.0. The molecule has 0 fully saturated rings. The van der Waals surface area contributed by atoms with Crippen LogP contribution < -0.4 is 10.2 Å².